The van der Waals surface area contributed by atoms with Gasteiger partial charge in [-0.15, -0.1) is 11.3 Å². The highest BCUT2D eigenvalue weighted by atomic mass is 35.5. The molecular formula is C53H68ClN9O8S. The molecule has 5 N–H and O–H groups in total. The number of piperazine rings is 1. The van der Waals surface area contributed by atoms with E-state index in [-0.39, 0.29) is 56.3 Å². The third-order valence-electron chi connectivity index (χ3n) is 14.4. The number of hydrogen-bond donors (Lipinski definition) is 5. The Morgan fingerprint density at radius 3 is 2.29 bits per heavy atom. The number of β-amino-alcohol motifs (C(OH)–C–C–N with tert-alkyl or cyclic N) is 1. The second kappa shape index (κ2) is 21.8. The molecule has 0 spiro atoms. The third kappa shape index (κ3) is 11.7. The van der Waals surface area contributed by atoms with Gasteiger partial charge in [-0.2, -0.15) is 5.26 Å². The van der Waals surface area contributed by atoms with Crippen LogP contribution in [0.4, 0.5) is 5.82 Å². The number of rotatable bonds is 16. The van der Waals surface area contributed by atoms with E-state index in [1.54, 1.807) is 48.1 Å². The van der Waals surface area contributed by atoms with E-state index in [4.69, 9.17) is 26.1 Å². The number of ether oxygens (including phenoxy) is 2. The van der Waals surface area contributed by atoms with Crippen LogP contribution in [0.5, 0.6) is 5.75 Å². The van der Waals surface area contributed by atoms with Gasteiger partial charge in [0.2, 0.25) is 17.7 Å². The van der Waals surface area contributed by atoms with Gasteiger partial charge in [0, 0.05) is 79.4 Å². The van der Waals surface area contributed by atoms with Gasteiger partial charge >= 0.3 is 0 Å². The number of nitrogens with one attached hydrogen (secondary N) is 3. The molecule has 4 heterocycles. The number of halogens is 1. The number of benzene rings is 2. The molecule has 7 rings (SSSR count). The van der Waals surface area contributed by atoms with Crippen LogP contribution in [0.15, 0.2) is 66.3 Å². The summed E-state index contributed by atoms with van der Waals surface area (Å²) in [5.41, 5.74) is 3.29. The minimum Gasteiger partial charge on any atom is -0.489 e. The molecule has 3 aliphatic rings. The van der Waals surface area contributed by atoms with Crippen LogP contribution in [-0.2, 0) is 19.1 Å². The second-order valence-electron chi connectivity index (χ2n) is 21.7. The summed E-state index contributed by atoms with van der Waals surface area (Å²) in [6.07, 6.45) is -0.966. The van der Waals surface area contributed by atoms with Crippen molar-refractivity contribution in [2.75, 3.05) is 44.3 Å². The molecule has 6 atom stereocenters. The lowest BCUT2D eigenvalue weighted by molar-refractivity contribution is -0.164. The molecule has 4 aromatic rings. The number of aryl methyl sites for hydroxylation is 1. The average Bonchev–Trinajstić information content (AvgIpc) is 3.95. The van der Waals surface area contributed by atoms with E-state index >= 15 is 0 Å². The zero-order valence-corrected chi connectivity index (χ0v) is 44.3. The minimum atomic E-state index is -1.36. The molecule has 1 saturated carbocycles. The Balaban J connectivity index is 0.860. The number of aliphatic hydroxyl groups excluding tert-OH is 2. The molecule has 4 amide bonds. The van der Waals surface area contributed by atoms with E-state index in [2.05, 4.69) is 78.3 Å². The largest absolute Gasteiger partial charge is 0.489 e. The number of thiazole rings is 1. The Morgan fingerprint density at radius 2 is 1.68 bits per heavy atom. The average molecular weight is 1030 g/mol. The number of nitrogens with zero attached hydrogens (tertiary/aromatic N) is 6. The first-order valence-electron chi connectivity index (χ1n) is 24.4. The summed E-state index contributed by atoms with van der Waals surface area (Å²) < 4.78 is 12.2. The Kier molecular flexibility index (Phi) is 16.4. The molecule has 19 heteroatoms. The summed E-state index contributed by atoms with van der Waals surface area (Å²) in [6, 6.07) is 15.8. The van der Waals surface area contributed by atoms with Gasteiger partial charge in [0.25, 0.3) is 5.91 Å². The molecule has 1 aliphatic carbocycles. The number of nitriles is 1. The first-order chi connectivity index (χ1) is 33.9. The molecule has 2 saturated heterocycles. The smallest absolute Gasteiger partial charge is 0.253 e. The maximum atomic E-state index is 14.1. The van der Waals surface area contributed by atoms with Crippen molar-refractivity contribution < 1.29 is 38.9 Å². The summed E-state index contributed by atoms with van der Waals surface area (Å²) in [4.78, 5) is 70.5. The molecular weight excluding hydrogens is 958 g/mol. The van der Waals surface area contributed by atoms with Crippen LogP contribution in [-0.4, -0.2) is 135 Å². The molecule has 0 bridgehead atoms. The number of carbonyl (C=O) groups excluding carboxylic acids is 4. The summed E-state index contributed by atoms with van der Waals surface area (Å²) in [7, 11) is 0. The van der Waals surface area contributed by atoms with Crippen LogP contribution in [0.25, 0.3) is 10.4 Å². The number of aromatic nitrogens is 2. The number of aliphatic hydroxyl groups is 2. The van der Waals surface area contributed by atoms with E-state index in [1.807, 2.05) is 45.9 Å². The molecule has 72 heavy (non-hydrogen) atoms. The Bertz CT molecular complexity index is 2630. The van der Waals surface area contributed by atoms with E-state index < -0.39 is 58.4 Å². The highest BCUT2D eigenvalue weighted by Crippen LogP contribution is 2.55. The molecule has 3 fully saturated rings. The van der Waals surface area contributed by atoms with Crippen LogP contribution in [0.1, 0.15) is 102 Å². The van der Waals surface area contributed by atoms with Gasteiger partial charge in [0.15, 0.2) is 6.23 Å². The van der Waals surface area contributed by atoms with Crippen molar-refractivity contribution in [3.63, 3.8) is 0 Å². The predicted molar refractivity (Wildman–Crippen MR) is 275 cm³/mol. The van der Waals surface area contributed by atoms with E-state index in [0.717, 1.165) is 22.0 Å². The maximum Gasteiger partial charge on any atom is 0.253 e. The summed E-state index contributed by atoms with van der Waals surface area (Å²) in [6.45, 7) is 21.6. The monoisotopic (exact) mass is 1030 g/mol. The van der Waals surface area contributed by atoms with E-state index in [0.29, 0.717) is 47.1 Å². The zero-order chi connectivity index (χ0) is 52.4. The standard InChI is InChI=1S/C53H68ClN9O8S/c1-30-26-62(41-18-16-36(24-56-41)46(67)60-49-52(7,8)50(53(49,9)10)71-38-17-15-35(23-55)39(54)22-38)31(2)25-61(30)19-20-70-28-42(65)58-44(51(4,5)6)48(69)63-27-37(64)21-40(63)47(68)59-45(66)34-13-11-33(12-14-34)43-32(3)57-29-72-43/h11-18,22,24,29-31,37,40,44-45,49-50,64,66H,19-21,25-28H2,1-10H3,(H,58,65)(H,59,68)(H,60,67)/t30-,31-,37-,40+,44-,45+,49-,50-/m1/s1. The van der Waals surface area contributed by atoms with Crippen LogP contribution >= 0.6 is 22.9 Å². The van der Waals surface area contributed by atoms with Crippen molar-refractivity contribution >= 4 is 52.4 Å². The maximum absolute atomic E-state index is 14.1. The van der Waals surface area contributed by atoms with Crippen molar-refractivity contribution in [1.29, 1.82) is 5.26 Å². The zero-order valence-electron chi connectivity index (χ0n) is 42.7. The van der Waals surface area contributed by atoms with Crippen LogP contribution < -0.4 is 25.6 Å². The van der Waals surface area contributed by atoms with E-state index in [9.17, 15) is 34.7 Å². The number of hydrogen-bond acceptors (Lipinski definition) is 14. The molecule has 0 radical (unpaired) electrons. The van der Waals surface area contributed by atoms with Gasteiger partial charge in [-0.1, -0.05) is 84.3 Å². The quantitative estimate of drug-likeness (QED) is 0.0656. The predicted octanol–water partition coefficient (Wildman–Crippen LogP) is 5.87. The van der Waals surface area contributed by atoms with Crippen molar-refractivity contribution in [2.45, 2.75) is 124 Å². The fourth-order valence-corrected chi connectivity index (χ4v) is 11.7. The number of anilines is 1. The van der Waals surface area contributed by atoms with Crippen molar-refractivity contribution in [2.24, 2.45) is 16.2 Å². The molecule has 386 valence electrons. The van der Waals surface area contributed by atoms with Crippen molar-refractivity contribution in [3.8, 4) is 22.3 Å². The normalized spacial score (nSPS) is 23.6. The highest BCUT2D eigenvalue weighted by molar-refractivity contribution is 7.13. The topological polar surface area (TPSA) is 223 Å². The Morgan fingerprint density at radius 1 is 0.972 bits per heavy atom. The minimum absolute atomic E-state index is 0.0220. The number of carbonyl (C=O) groups is 4. The molecule has 2 aromatic heterocycles. The summed E-state index contributed by atoms with van der Waals surface area (Å²) in [5, 5.41) is 39.8. The lowest BCUT2D eigenvalue weighted by atomic mass is 9.49. The second-order valence-corrected chi connectivity index (χ2v) is 22.9. The van der Waals surface area contributed by atoms with Gasteiger partial charge < -0.3 is 45.4 Å². The molecule has 2 aromatic carbocycles. The first-order valence-corrected chi connectivity index (χ1v) is 25.6. The SMILES string of the molecule is Cc1ncsc1-c1ccc([C@H](O)NC(=O)[C@@H]2C[C@@H](O)CN2C(=O)[C@@H](NC(=O)COCCN2C[C@@H](C)N(c3ccc(C(=O)N[C@H]4C(C)(C)[C@H](Oc5ccc(C#N)c(Cl)c5)C4(C)C)cn3)C[C@H]2C)C(C)(C)C)cc1. The lowest BCUT2D eigenvalue weighted by Gasteiger charge is -2.63. The molecule has 0 unspecified atom stereocenters. The van der Waals surface area contributed by atoms with Crippen LogP contribution in [0.3, 0.4) is 0 Å². The van der Waals surface area contributed by atoms with Gasteiger partial charge in [-0.3, -0.25) is 24.1 Å². The fourth-order valence-electron chi connectivity index (χ4n) is 10.7. The number of pyridine rings is 1. The van der Waals surface area contributed by atoms with E-state index in [1.165, 1.54) is 16.2 Å². The number of amides is 4. The molecule has 17 nitrogen and oxygen atoms in total. The lowest BCUT2D eigenvalue weighted by Crippen LogP contribution is -2.74. The first kappa shape index (κ1) is 54.1. The Labute approximate surface area is 431 Å². The van der Waals surface area contributed by atoms with Crippen LogP contribution in [0.2, 0.25) is 5.02 Å². The van der Waals surface area contributed by atoms with Crippen LogP contribution in [0, 0.1) is 34.5 Å². The van der Waals surface area contributed by atoms with Gasteiger partial charge in [0.05, 0.1) is 44.9 Å². The third-order valence-corrected chi connectivity index (χ3v) is 15.7. The van der Waals surface area contributed by atoms with Gasteiger partial charge in [0.1, 0.15) is 42.4 Å². The van der Waals surface area contributed by atoms with Gasteiger partial charge in [-0.25, -0.2) is 9.97 Å². The highest BCUT2D eigenvalue weighted by Gasteiger charge is 2.64. The summed E-state index contributed by atoms with van der Waals surface area (Å²) in [5.74, 6) is -0.527. The fraction of sp³-hybridized carbons (Fsp3) is 0.528. The Hall–Kier alpha value is -5.68. The van der Waals surface area contributed by atoms with Crippen molar-refractivity contribution in [1.82, 2.24) is 35.7 Å². The number of likely N-dealkylation sites (tertiary alicyclic amines) is 1. The van der Waals surface area contributed by atoms with Gasteiger partial charge in [-0.05, 0) is 56.0 Å². The summed E-state index contributed by atoms with van der Waals surface area (Å²) >= 11 is 7.78. The molecule has 2 aliphatic heterocycles. The van der Waals surface area contributed by atoms with Crippen molar-refractivity contribution in [3.05, 3.63) is 93.7 Å².